The maximum absolute atomic E-state index is 13.9. The van der Waals surface area contributed by atoms with Crippen LogP contribution < -0.4 is 54.0 Å². The van der Waals surface area contributed by atoms with Crippen molar-refractivity contribution < 1.29 is 43.5 Å². The zero-order chi connectivity index (χ0) is 46.4. The van der Waals surface area contributed by atoms with Gasteiger partial charge in [0, 0.05) is 12.3 Å². The fourth-order valence-corrected chi connectivity index (χ4v) is 7.04. The van der Waals surface area contributed by atoms with E-state index in [1.165, 1.54) is 18.7 Å². The van der Waals surface area contributed by atoms with Crippen molar-refractivity contribution in [2.45, 2.75) is 142 Å². The molecule has 0 aromatic rings. The maximum Gasteiger partial charge on any atom is 0.327 e. The Morgan fingerprint density at radius 2 is 1.21 bits per heavy atom. The minimum Gasteiger partial charge on any atom is -0.480 e. The van der Waals surface area contributed by atoms with E-state index in [0.29, 0.717) is 25.1 Å². The van der Waals surface area contributed by atoms with E-state index in [9.17, 15) is 43.5 Å². The third kappa shape index (κ3) is 20.9. The number of amides is 7. The highest BCUT2D eigenvalue weighted by atomic mass is 32.2. The van der Waals surface area contributed by atoms with Crippen molar-refractivity contribution in [3.63, 3.8) is 0 Å². The van der Waals surface area contributed by atoms with E-state index in [1.54, 1.807) is 13.8 Å². The van der Waals surface area contributed by atoms with Crippen LogP contribution in [0.2, 0.25) is 0 Å². The molecular formula is C39H71N11O9S2. The molecule has 22 heteroatoms. The predicted octanol–water partition coefficient (Wildman–Crippen LogP) is -1.28. The Hall–Kier alpha value is -4.31. The van der Waals surface area contributed by atoms with Crippen LogP contribution in [0.25, 0.3) is 0 Å². The fourth-order valence-electron chi connectivity index (χ4n) is 6.32. The van der Waals surface area contributed by atoms with Crippen LogP contribution in [0.3, 0.4) is 0 Å². The number of carboxylic acid groups (broad SMARTS) is 1. The number of carboxylic acids is 1. The van der Waals surface area contributed by atoms with Crippen molar-refractivity contribution in [1.82, 2.24) is 42.5 Å². The zero-order valence-electron chi connectivity index (χ0n) is 36.8. The van der Waals surface area contributed by atoms with Crippen molar-refractivity contribution in [1.29, 1.82) is 0 Å². The van der Waals surface area contributed by atoms with Crippen LogP contribution in [-0.2, 0) is 38.4 Å². The topological polar surface area (TPSA) is 317 Å². The Labute approximate surface area is 369 Å². The molecule has 20 nitrogen and oxygen atoms in total. The van der Waals surface area contributed by atoms with E-state index in [-0.39, 0.29) is 61.7 Å². The zero-order valence-corrected chi connectivity index (χ0v) is 38.5. The molecular weight excluding hydrogens is 831 g/mol. The third-order valence-corrected chi connectivity index (χ3v) is 10.7. The molecule has 348 valence electrons. The standard InChI is InChI=1S/C39H71N11O9S2/c1-20(2)17-27(48-34(54)25(12-10-15-43-39(40)41)45-32(52)24-11-9-14-42-24)35(55)46-26(13-16-61-8)33(53)44-23(7)31(51)47-28(18-21(3)4)36(56)50-30(22(5)6)37(57)49-29(19-60)38(58)59/h20-30,42,60H,9-19H2,1-8H3,(H,44,53)(H,45,52)(H,46,55)(H,47,51)(H,48,54)(H,49,57)(H,50,56)(H,58,59)(H4,40,41,43)/t23-,24-,25-,26-,27-,28-,29-,30-/m0/s1. The van der Waals surface area contributed by atoms with Crippen molar-refractivity contribution in [3.05, 3.63) is 0 Å². The molecule has 1 fully saturated rings. The first-order chi connectivity index (χ1) is 28.6. The molecule has 0 radical (unpaired) electrons. The Bertz CT molecular complexity index is 1510. The van der Waals surface area contributed by atoms with Crippen LogP contribution >= 0.6 is 24.4 Å². The number of hydrogen-bond donors (Lipinski definition) is 12. The molecule has 1 aliphatic heterocycles. The number of nitrogens with zero attached hydrogens (tertiary/aromatic N) is 1. The summed E-state index contributed by atoms with van der Waals surface area (Å²) in [4.78, 5) is 110. The molecule has 1 aliphatic rings. The minimum atomic E-state index is -1.29. The van der Waals surface area contributed by atoms with Crippen LogP contribution in [0.4, 0.5) is 0 Å². The highest BCUT2D eigenvalue weighted by molar-refractivity contribution is 7.98. The monoisotopic (exact) mass is 901 g/mol. The largest absolute Gasteiger partial charge is 0.480 e. The van der Waals surface area contributed by atoms with Crippen LogP contribution in [0, 0.1) is 17.8 Å². The van der Waals surface area contributed by atoms with Gasteiger partial charge in [0.15, 0.2) is 5.96 Å². The lowest BCUT2D eigenvalue weighted by atomic mass is 9.99. The summed E-state index contributed by atoms with van der Waals surface area (Å²) in [5.41, 5.74) is 10.9. The first kappa shape index (κ1) is 54.7. The number of aliphatic imine (C=N–C) groups is 1. The quantitative estimate of drug-likeness (QED) is 0.0189. The molecule has 0 aliphatic carbocycles. The molecule has 7 amide bonds. The van der Waals surface area contributed by atoms with Crippen LogP contribution in [0.1, 0.15) is 93.4 Å². The smallest absolute Gasteiger partial charge is 0.327 e. The second-order valence-electron chi connectivity index (χ2n) is 16.4. The molecule has 1 heterocycles. The van der Waals surface area contributed by atoms with Crippen molar-refractivity contribution in [3.8, 4) is 0 Å². The van der Waals surface area contributed by atoms with Gasteiger partial charge in [0.05, 0.1) is 6.04 Å². The molecule has 0 aromatic carbocycles. The summed E-state index contributed by atoms with van der Waals surface area (Å²) in [5.74, 6) is -6.04. The number of thioether (sulfide) groups is 1. The maximum atomic E-state index is 13.9. The first-order valence-corrected chi connectivity index (χ1v) is 22.9. The molecule has 8 atom stereocenters. The van der Waals surface area contributed by atoms with E-state index < -0.39 is 95.7 Å². The van der Waals surface area contributed by atoms with E-state index in [1.807, 2.05) is 34.0 Å². The number of aliphatic carboxylic acids is 1. The predicted molar refractivity (Wildman–Crippen MR) is 238 cm³/mol. The lowest BCUT2D eigenvalue weighted by Gasteiger charge is -2.28. The third-order valence-electron chi connectivity index (χ3n) is 9.67. The highest BCUT2D eigenvalue weighted by Crippen LogP contribution is 2.12. The molecule has 0 aromatic heterocycles. The number of carbonyl (C=O) groups excluding carboxylic acids is 7. The van der Waals surface area contributed by atoms with Gasteiger partial charge in [-0.1, -0.05) is 41.5 Å². The van der Waals surface area contributed by atoms with Crippen molar-refractivity contribution in [2.75, 3.05) is 30.9 Å². The van der Waals surface area contributed by atoms with E-state index >= 15 is 0 Å². The average molecular weight is 902 g/mol. The number of rotatable bonds is 28. The molecule has 0 bridgehead atoms. The van der Waals surface area contributed by atoms with Gasteiger partial charge in [0.1, 0.15) is 42.3 Å². The summed E-state index contributed by atoms with van der Waals surface area (Å²) < 4.78 is 0. The van der Waals surface area contributed by atoms with Crippen molar-refractivity contribution in [2.24, 2.45) is 34.2 Å². The average Bonchev–Trinajstić information content (AvgIpc) is 3.72. The molecule has 1 rings (SSSR count). The summed E-state index contributed by atoms with van der Waals surface area (Å²) in [5, 5.41) is 31.1. The van der Waals surface area contributed by atoms with E-state index in [4.69, 9.17) is 11.5 Å². The SMILES string of the molecule is CSCC[C@H](NC(=O)[C@H](CC(C)C)NC(=O)[C@H](CCCN=C(N)N)NC(=O)[C@@H]1CCCN1)C(=O)N[C@@H](C)C(=O)N[C@@H](CC(C)C)C(=O)N[C@H](C(=O)N[C@@H](CS)C(=O)O)C(C)C. The van der Waals surface area contributed by atoms with Gasteiger partial charge in [-0.3, -0.25) is 38.6 Å². The second kappa shape index (κ2) is 28.3. The Balaban J connectivity index is 3.17. The number of hydrogen-bond acceptors (Lipinski definition) is 12. The normalized spacial score (nSPS) is 17.1. The summed E-state index contributed by atoms with van der Waals surface area (Å²) in [7, 11) is 0. The van der Waals surface area contributed by atoms with Gasteiger partial charge in [-0.05, 0) is 88.2 Å². The van der Waals surface area contributed by atoms with Gasteiger partial charge >= 0.3 is 5.97 Å². The van der Waals surface area contributed by atoms with Gasteiger partial charge in [-0.25, -0.2) is 4.79 Å². The highest BCUT2D eigenvalue weighted by Gasteiger charge is 2.35. The van der Waals surface area contributed by atoms with Crippen LogP contribution in [0.5, 0.6) is 0 Å². The van der Waals surface area contributed by atoms with E-state index in [2.05, 4.69) is 60.2 Å². The summed E-state index contributed by atoms with van der Waals surface area (Å²) in [6.07, 6.45) is 4.38. The molecule has 0 saturated carbocycles. The molecule has 1 saturated heterocycles. The second-order valence-corrected chi connectivity index (χ2v) is 17.8. The lowest BCUT2D eigenvalue weighted by Crippen LogP contribution is -2.60. The van der Waals surface area contributed by atoms with Gasteiger partial charge < -0.3 is 59.1 Å². The number of guanidine groups is 1. The lowest BCUT2D eigenvalue weighted by molar-refractivity contribution is -0.142. The molecule has 0 spiro atoms. The Morgan fingerprint density at radius 3 is 1.70 bits per heavy atom. The molecule has 0 unspecified atom stereocenters. The first-order valence-electron chi connectivity index (χ1n) is 20.9. The Morgan fingerprint density at radius 1 is 0.705 bits per heavy atom. The van der Waals surface area contributed by atoms with Gasteiger partial charge in [0.2, 0.25) is 41.4 Å². The summed E-state index contributed by atoms with van der Waals surface area (Å²) >= 11 is 5.41. The number of carbonyl (C=O) groups is 8. The van der Waals surface area contributed by atoms with E-state index in [0.717, 1.165) is 6.42 Å². The van der Waals surface area contributed by atoms with Crippen LogP contribution in [0.15, 0.2) is 4.99 Å². The molecule has 61 heavy (non-hydrogen) atoms. The van der Waals surface area contributed by atoms with Gasteiger partial charge in [-0.2, -0.15) is 24.4 Å². The van der Waals surface area contributed by atoms with Gasteiger partial charge in [0.25, 0.3) is 0 Å². The summed E-state index contributed by atoms with van der Waals surface area (Å²) in [6, 6.07) is -8.35. The minimum absolute atomic E-state index is 0.0632. The molecule has 13 N–H and O–H groups in total. The fraction of sp³-hybridized carbons (Fsp3) is 0.769. The number of nitrogens with two attached hydrogens (primary N) is 2. The Kier molecular flexibility index (Phi) is 25.4. The van der Waals surface area contributed by atoms with Crippen molar-refractivity contribution >= 4 is 77.7 Å². The van der Waals surface area contributed by atoms with Crippen LogP contribution in [-0.4, -0.2) is 138 Å². The summed E-state index contributed by atoms with van der Waals surface area (Å²) in [6.45, 7) is 13.1. The number of nitrogens with one attached hydrogen (secondary N) is 8. The number of thiol groups is 1. The van der Waals surface area contributed by atoms with Gasteiger partial charge in [-0.15, -0.1) is 0 Å².